The van der Waals surface area contributed by atoms with Crippen molar-refractivity contribution in [3.8, 4) is 0 Å². The second-order valence-electron chi connectivity index (χ2n) is 25.0. The van der Waals surface area contributed by atoms with E-state index in [1.165, 1.54) is 0 Å². The monoisotopic (exact) mass is 1120 g/mol. The van der Waals surface area contributed by atoms with E-state index in [9.17, 15) is 70.2 Å². The maximum atomic E-state index is 12.8. The molecule has 0 unspecified atom stereocenters. The minimum atomic E-state index is -1.95. The molecule has 0 spiro atoms. The SMILES string of the molecule is CC(C)=CCC[C@](C)(O[C@@H]1O[C@H](COC(=O)CC(=O)O)[C@@H](O)[C@H](O)[C@H]1O)[C@H]1CC[C@]2(C)[C@@H]1[C@H](O)C[C@@H]1[C@@]3(C)CC[C@H](O[C@@H]4O[C@H](CO)[C@@H](O)[C@H](O)[C@H]4O[C@@H]4O[C@H](COC(=O)CC(=O)O)[C@@H](O)[C@H](O)[C@H]4O)C(C)(C)[C@@H]3CC[C@]12C. The third kappa shape index (κ3) is 11.9. The van der Waals surface area contributed by atoms with Crippen LogP contribution in [0.2, 0.25) is 0 Å². The van der Waals surface area contributed by atoms with Crippen molar-refractivity contribution < 1.29 is 118 Å². The van der Waals surface area contributed by atoms with Gasteiger partial charge in [0.15, 0.2) is 18.9 Å². The van der Waals surface area contributed by atoms with Gasteiger partial charge < -0.3 is 99.2 Å². The van der Waals surface area contributed by atoms with Crippen molar-refractivity contribution in [2.75, 3.05) is 19.8 Å². The summed E-state index contributed by atoms with van der Waals surface area (Å²) in [5.74, 6) is -5.72. The van der Waals surface area contributed by atoms with E-state index in [0.29, 0.717) is 38.5 Å². The summed E-state index contributed by atoms with van der Waals surface area (Å²) in [6, 6.07) is 0. The molecule has 0 amide bonds. The van der Waals surface area contributed by atoms with Crippen molar-refractivity contribution >= 4 is 23.9 Å². The van der Waals surface area contributed by atoms with Crippen molar-refractivity contribution in [2.45, 2.75) is 236 Å². The lowest BCUT2D eigenvalue weighted by molar-refractivity contribution is -0.378. The number of allylic oxidation sites excluding steroid dienone is 2. The van der Waals surface area contributed by atoms with Gasteiger partial charge in [-0.05, 0) is 124 Å². The fourth-order valence-electron chi connectivity index (χ4n) is 15.6. The molecule has 0 radical (unpaired) electrons. The van der Waals surface area contributed by atoms with Crippen LogP contribution < -0.4 is 0 Å². The molecule has 0 aromatic carbocycles. The summed E-state index contributed by atoms with van der Waals surface area (Å²) in [5, 5.41) is 129. The number of fused-ring (bicyclic) bond motifs is 5. The third-order valence-electron chi connectivity index (χ3n) is 19.8. The van der Waals surface area contributed by atoms with Gasteiger partial charge in [-0.1, -0.05) is 46.3 Å². The molecule has 0 aromatic heterocycles. The van der Waals surface area contributed by atoms with Crippen LogP contribution in [0.25, 0.3) is 0 Å². The predicted molar refractivity (Wildman–Crippen MR) is 266 cm³/mol. The first kappa shape index (κ1) is 62.6. The number of hydrogen-bond acceptors (Lipinski definition) is 22. The Labute approximate surface area is 453 Å². The number of ether oxygens (including phenoxy) is 8. The van der Waals surface area contributed by atoms with Crippen molar-refractivity contribution in [3.63, 3.8) is 0 Å². The van der Waals surface area contributed by atoms with E-state index in [1.54, 1.807) is 0 Å². The van der Waals surface area contributed by atoms with Crippen LogP contribution in [0, 0.1) is 45.3 Å². The minimum Gasteiger partial charge on any atom is -0.481 e. The van der Waals surface area contributed by atoms with E-state index in [4.69, 9.17) is 48.1 Å². The van der Waals surface area contributed by atoms with Crippen LogP contribution in [0.5, 0.6) is 0 Å². The van der Waals surface area contributed by atoms with Crippen molar-refractivity contribution in [1.29, 1.82) is 0 Å². The lowest BCUT2D eigenvalue weighted by atomic mass is 9.35. The molecule has 7 aliphatic rings. The topological polar surface area (TPSA) is 385 Å². The summed E-state index contributed by atoms with van der Waals surface area (Å²) >= 11 is 0. The standard InChI is InChI=1S/C54H86O24/c1-24(2)10-9-14-54(8,78-48-45(70)42(67)40(65)29(75-48)23-72-36(62)20-34(59)60)25-11-16-53(7)37(25)26(56)18-31-51(5)15-13-32(50(3,4)30(51)12-17-52(31,53)6)76-49-46(43(68)38(63)27(21-55)73-49)77-47-44(69)41(66)39(64)28(74-47)22-71-35(61)19-33(57)58/h10,25-32,37-49,55-56,63-70H,9,11-23H2,1-8H3,(H,57,58)(H,59,60)/t25-,26+,27+,28+,29+,30-,31+,32-,37-,38+,39+,40+,41-,42-,43-,44+,45+,46+,47-,48-,49-,51-,52+,53+,54-/m0/s1. The van der Waals surface area contributed by atoms with Gasteiger partial charge >= 0.3 is 23.9 Å². The molecule has 3 aliphatic heterocycles. The molecule has 4 aliphatic carbocycles. The Balaban J connectivity index is 1.10. The highest BCUT2D eigenvalue weighted by molar-refractivity contribution is 5.90. The molecular formula is C54H86O24. The molecule has 7 fully saturated rings. The first-order chi connectivity index (χ1) is 36.3. The number of carbonyl (C=O) groups excluding carboxylic acids is 2. The van der Waals surface area contributed by atoms with Crippen LogP contribution in [-0.4, -0.2) is 215 Å². The summed E-state index contributed by atoms with van der Waals surface area (Å²) < 4.78 is 47.6. The fraction of sp³-hybridized carbons (Fsp3) is 0.889. The van der Waals surface area contributed by atoms with Gasteiger partial charge in [-0.3, -0.25) is 19.2 Å². The minimum absolute atomic E-state index is 0.00219. The zero-order chi connectivity index (χ0) is 57.8. The van der Waals surface area contributed by atoms with E-state index < -0.39 is 177 Å². The highest BCUT2D eigenvalue weighted by atomic mass is 16.8. The molecule has 4 saturated carbocycles. The molecule has 3 heterocycles. The van der Waals surface area contributed by atoms with Crippen molar-refractivity contribution in [2.24, 2.45) is 45.3 Å². The smallest absolute Gasteiger partial charge is 0.317 e. The molecule has 0 aromatic rings. The number of carboxylic acid groups (broad SMARTS) is 2. The van der Waals surface area contributed by atoms with Crippen LogP contribution in [0.15, 0.2) is 11.6 Å². The number of carbonyl (C=O) groups is 4. The number of hydrogen-bond donors (Lipinski definition) is 12. The Kier molecular flexibility index (Phi) is 19.3. The average molecular weight is 1120 g/mol. The predicted octanol–water partition coefficient (Wildman–Crippen LogP) is 0.0244. The number of aliphatic carboxylic acids is 2. The highest BCUT2D eigenvalue weighted by Crippen LogP contribution is 2.76. The molecule has 25 atom stereocenters. The van der Waals surface area contributed by atoms with E-state index in [-0.39, 0.29) is 34.5 Å². The largest absolute Gasteiger partial charge is 0.481 e. The van der Waals surface area contributed by atoms with E-state index in [1.807, 2.05) is 20.8 Å². The zero-order valence-corrected chi connectivity index (χ0v) is 45.9. The van der Waals surface area contributed by atoms with Gasteiger partial charge in [0.1, 0.15) is 99.3 Å². The van der Waals surface area contributed by atoms with Gasteiger partial charge in [-0.15, -0.1) is 0 Å². The number of esters is 2. The number of carboxylic acids is 2. The molecule has 7 rings (SSSR count). The van der Waals surface area contributed by atoms with Crippen LogP contribution in [-0.2, 0) is 57.1 Å². The molecule has 24 heteroatoms. The van der Waals surface area contributed by atoms with Gasteiger partial charge in [0.25, 0.3) is 0 Å². The number of rotatable bonds is 19. The molecule has 446 valence electrons. The molecule has 0 bridgehead atoms. The molecule has 3 saturated heterocycles. The zero-order valence-electron chi connectivity index (χ0n) is 45.9. The Morgan fingerprint density at radius 2 is 1.14 bits per heavy atom. The number of aliphatic hydroxyl groups excluding tert-OH is 10. The second-order valence-corrected chi connectivity index (χ2v) is 25.0. The fourth-order valence-corrected chi connectivity index (χ4v) is 15.6. The van der Waals surface area contributed by atoms with E-state index in [2.05, 4.69) is 40.7 Å². The normalized spacial score (nSPS) is 45.8. The lowest BCUT2D eigenvalue weighted by Crippen LogP contribution is -2.68. The summed E-state index contributed by atoms with van der Waals surface area (Å²) in [5.41, 5.74) is -1.77. The highest BCUT2D eigenvalue weighted by Gasteiger charge is 2.72. The maximum absolute atomic E-state index is 12.8. The third-order valence-corrected chi connectivity index (χ3v) is 19.8. The summed E-state index contributed by atoms with van der Waals surface area (Å²) in [4.78, 5) is 46.2. The van der Waals surface area contributed by atoms with Crippen molar-refractivity contribution in [3.05, 3.63) is 11.6 Å². The Hall–Kier alpha value is -3.02. The first-order valence-electron chi connectivity index (χ1n) is 27.4. The van der Waals surface area contributed by atoms with Crippen LogP contribution in [0.4, 0.5) is 0 Å². The lowest BCUT2D eigenvalue weighted by Gasteiger charge is -2.71. The summed E-state index contributed by atoms with van der Waals surface area (Å²) in [6.07, 6.45) is -21.0. The Bertz CT molecular complexity index is 2160. The van der Waals surface area contributed by atoms with Gasteiger partial charge in [0.05, 0.1) is 24.4 Å². The van der Waals surface area contributed by atoms with Crippen LogP contribution >= 0.6 is 0 Å². The first-order valence-corrected chi connectivity index (χ1v) is 27.4. The van der Waals surface area contributed by atoms with Crippen LogP contribution in [0.3, 0.4) is 0 Å². The van der Waals surface area contributed by atoms with Gasteiger partial charge in [0, 0.05) is 0 Å². The van der Waals surface area contributed by atoms with E-state index in [0.717, 1.165) is 24.8 Å². The quantitative estimate of drug-likeness (QED) is 0.0351. The maximum Gasteiger partial charge on any atom is 0.317 e. The van der Waals surface area contributed by atoms with Crippen molar-refractivity contribution in [1.82, 2.24) is 0 Å². The average Bonchev–Trinajstić information content (AvgIpc) is 3.79. The number of aliphatic hydroxyl groups is 10. The van der Waals surface area contributed by atoms with E-state index >= 15 is 0 Å². The van der Waals surface area contributed by atoms with Gasteiger partial charge in [-0.2, -0.15) is 0 Å². The molecular weight excluding hydrogens is 1030 g/mol. The summed E-state index contributed by atoms with van der Waals surface area (Å²) in [6.45, 7) is 14.9. The Morgan fingerprint density at radius 1 is 0.615 bits per heavy atom. The Morgan fingerprint density at radius 3 is 1.69 bits per heavy atom. The summed E-state index contributed by atoms with van der Waals surface area (Å²) in [7, 11) is 0. The molecule has 24 nitrogen and oxygen atoms in total. The van der Waals surface area contributed by atoms with Gasteiger partial charge in [0.2, 0.25) is 0 Å². The second kappa shape index (κ2) is 24.1. The van der Waals surface area contributed by atoms with Gasteiger partial charge in [-0.25, -0.2) is 0 Å². The van der Waals surface area contributed by atoms with Crippen LogP contribution in [0.1, 0.15) is 126 Å². The molecule has 12 N–H and O–H groups in total. The molecule has 78 heavy (non-hydrogen) atoms.